The Labute approximate surface area is 115 Å². The second-order valence-electron chi connectivity index (χ2n) is 4.04. The molecule has 98 valence electrons. The summed E-state index contributed by atoms with van der Waals surface area (Å²) in [6, 6.07) is 9.14. The molecule has 0 saturated heterocycles. The average Bonchev–Trinajstić information content (AvgIpc) is 2.89. The van der Waals surface area contributed by atoms with Gasteiger partial charge in [0.1, 0.15) is 5.69 Å². The molecule has 4 nitrogen and oxygen atoms in total. The van der Waals surface area contributed by atoms with Crippen molar-refractivity contribution < 1.29 is 9.59 Å². The van der Waals surface area contributed by atoms with Crippen molar-refractivity contribution in [2.45, 2.75) is 11.8 Å². The fourth-order valence-corrected chi connectivity index (χ4v) is 2.09. The highest BCUT2D eigenvalue weighted by Crippen LogP contribution is 2.19. The van der Waals surface area contributed by atoms with Crippen LogP contribution in [0.25, 0.3) is 0 Å². The van der Waals surface area contributed by atoms with Crippen molar-refractivity contribution in [1.82, 2.24) is 4.98 Å². The lowest BCUT2D eigenvalue weighted by Gasteiger charge is -2.05. The summed E-state index contributed by atoms with van der Waals surface area (Å²) >= 11 is 1.61. The SMILES string of the molecule is CSc1cccc(NC(=O)c2cc(C(C)=O)c[nH]2)c1. The van der Waals surface area contributed by atoms with Crippen molar-refractivity contribution in [3.05, 3.63) is 47.8 Å². The molecule has 0 unspecified atom stereocenters. The molecule has 2 N–H and O–H groups in total. The summed E-state index contributed by atoms with van der Waals surface area (Å²) in [5.74, 6) is -0.328. The number of thioether (sulfide) groups is 1. The maximum atomic E-state index is 12.0. The Morgan fingerprint density at radius 2 is 2.05 bits per heavy atom. The van der Waals surface area contributed by atoms with Crippen LogP contribution in [0.2, 0.25) is 0 Å². The Morgan fingerprint density at radius 3 is 2.68 bits per heavy atom. The number of ketones is 1. The minimum atomic E-state index is -0.259. The van der Waals surface area contributed by atoms with Crippen LogP contribution in [0.3, 0.4) is 0 Å². The predicted octanol–water partition coefficient (Wildman–Crippen LogP) is 3.19. The standard InChI is InChI=1S/C14H14N2O2S/c1-9(17)10-6-13(15-8-10)14(18)16-11-4-3-5-12(7-11)19-2/h3-8,15H,1-2H3,(H,16,18). The van der Waals surface area contributed by atoms with Crippen LogP contribution in [-0.2, 0) is 0 Å². The van der Waals surface area contributed by atoms with Crippen LogP contribution in [0.4, 0.5) is 5.69 Å². The number of carbonyl (C=O) groups is 2. The number of aromatic nitrogens is 1. The Bertz CT molecular complexity index is 619. The van der Waals surface area contributed by atoms with Crippen LogP contribution in [0, 0.1) is 0 Å². The van der Waals surface area contributed by atoms with E-state index in [1.807, 2.05) is 30.5 Å². The molecule has 0 aliphatic heterocycles. The second-order valence-corrected chi connectivity index (χ2v) is 4.92. The maximum Gasteiger partial charge on any atom is 0.272 e. The normalized spacial score (nSPS) is 10.2. The average molecular weight is 274 g/mol. The van der Waals surface area contributed by atoms with Crippen LogP contribution in [0.1, 0.15) is 27.8 Å². The lowest BCUT2D eigenvalue weighted by Crippen LogP contribution is -2.12. The number of rotatable bonds is 4. The summed E-state index contributed by atoms with van der Waals surface area (Å²) < 4.78 is 0. The van der Waals surface area contributed by atoms with Gasteiger partial charge >= 0.3 is 0 Å². The zero-order chi connectivity index (χ0) is 13.8. The molecule has 0 bridgehead atoms. The Morgan fingerprint density at radius 1 is 1.26 bits per heavy atom. The number of anilines is 1. The number of benzene rings is 1. The molecule has 2 rings (SSSR count). The number of amides is 1. The zero-order valence-electron chi connectivity index (χ0n) is 10.7. The molecule has 5 heteroatoms. The van der Waals surface area contributed by atoms with E-state index in [-0.39, 0.29) is 11.7 Å². The van der Waals surface area contributed by atoms with E-state index in [0.29, 0.717) is 11.3 Å². The number of H-pyrrole nitrogens is 1. The maximum absolute atomic E-state index is 12.0. The first-order chi connectivity index (χ1) is 9.10. The fraction of sp³-hybridized carbons (Fsp3) is 0.143. The first kappa shape index (κ1) is 13.4. The molecule has 0 aliphatic carbocycles. The highest BCUT2D eigenvalue weighted by molar-refractivity contribution is 7.98. The summed E-state index contributed by atoms with van der Waals surface area (Å²) in [6.45, 7) is 1.47. The van der Waals surface area contributed by atoms with Gasteiger partial charge in [0.15, 0.2) is 5.78 Å². The number of hydrogen-bond acceptors (Lipinski definition) is 3. The minimum absolute atomic E-state index is 0.0697. The van der Waals surface area contributed by atoms with E-state index >= 15 is 0 Å². The van der Waals surface area contributed by atoms with E-state index in [4.69, 9.17) is 0 Å². The molecule has 1 aromatic carbocycles. The Kier molecular flexibility index (Phi) is 4.06. The van der Waals surface area contributed by atoms with Gasteiger partial charge in [0, 0.05) is 22.3 Å². The van der Waals surface area contributed by atoms with E-state index in [0.717, 1.165) is 10.6 Å². The molecule has 1 heterocycles. The third-order valence-corrected chi connectivity index (χ3v) is 3.39. The zero-order valence-corrected chi connectivity index (χ0v) is 11.5. The van der Waals surface area contributed by atoms with Crippen molar-refractivity contribution in [3.8, 4) is 0 Å². The lowest BCUT2D eigenvalue weighted by atomic mass is 10.2. The summed E-state index contributed by atoms with van der Waals surface area (Å²) in [4.78, 5) is 27.0. The summed E-state index contributed by atoms with van der Waals surface area (Å²) in [5.41, 5.74) is 1.61. The smallest absolute Gasteiger partial charge is 0.272 e. The van der Waals surface area contributed by atoms with E-state index < -0.39 is 0 Å². The molecule has 0 saturated carbocycles. The number of carbonyl (C=O) groups excluding carboxylic acids is 2. The summed E-state index contributed by atoms with van der Waals surface area (Å²) in [5, 5.41) is 2.79. The van der Waals surface area contributed by atoms with Crippen molar-refractivity contribution >= 4 is 29.1 Å². The van der Waals surface area contributed by atoms with Crippen molar-refractivity contribution in [2.24, 2.45) is 0 Å². The van der Waals surface area contributed by atoms with E-state index in [2.05, 4.69) is 10.3 Å². The number of Topliss-reactive ketones (excluding diaryl/α,β-unsaturated/α-hetero) is 1. The van der Waals surface area contributed by atoms with Crippen LogP contribution >= 0.6 is 11.8 Å². The largest absolute Gasteiger partial charge is 0.356 e. The molecule has 2 aromatic rings. The molecular formula is C14H14N2O2S. The molecule has 0 fully saturated rings. The monoisotopic (exact) mass is 274 g/mol. The first-order valence-electron chi connectivity index (χ1n) is 5.75. The molecular weight excluding hydrogens is 260 g/mol. The van der Waals surface area contributed by atoms with Gasteiger partial charge in [0.25, 0.3) is 5.91 Å². The quantitative estimate of drug-likeness (QED) is 0.665. The van der Waals surface area contributed by atoms with Gasteiger partial charge in [0.2, 0.25) is 0 Å². The third kappa shape index (κ3) is 3.26. The highest BCUT2D eigenvalue weighted by Gasteiger charge is 2.10. The van der Waals surface area contributed by atoms with Gasteiger partial charge in [0.05, 0.1) is 0 Å². The topological polar surface area (TPSA) is 62.0 Å². The Hall–Kier alpha value is -2.01. The van der Waals surface area contributed by atoms with Gasteiger partial charge < -0.3 is 10.3 Å². The van der Waals surface area contributed by atoms with Crippen molar-refractivity contribution in [3.63, 3.8) is 0 Å². The molecule has 0 atom stereocenters. The number of nitrogens with one attached hydrogen (secondary N) is 2. The molecule has 0 radical (unpaired) electrons. The van der Waals surface area contributed by atoms with Gasteiger partial charge in [-0.25, -0.2) is 0 Å². The predicted molar refractivity (Wildman–Crippen MR) is 77.0 cm³/mol. The lowest BCUT2D eigenvalue weighted by molar-refractivity contribution is 0.101. The molecule has 1 amide bonds. The first-order valence-corrected chi connectivity index (χ1v) is 6.97. The summed E-state index contributed by atoms with van der Waals surface area (Å²) in [7, 11) is 0. The van der Waals surface area contributed by atoms with Gasteiger partial charge in [-0.2, -0.15) is 0 Å². The fourth-order valence-electron chi connectivity index (χ4n) is 1.63. The van der Waals surface area contributed by atoms with Gasteiger partial charge in [-0.15, -0.1) is 11.8 Å². The van der Waals surface area contributed by atoms with E-state index in [9.17, 15) is 9.59 Å². The van der Waals surface area contributed by atoms with Crippen molar-refractivity contribution in [2.75, 3.05) is 11.6 Å². The van der Waals surface area contributed by atoms with Gasteiger partial charge in [-0.1, -0.05) is 6.07 Å². The summed E-state index contributed by atoms with van der Waals surface area (Å²) in [6.07, 6.45) is 3.51. The van der Waals surface area contributed by atoms with Crippen molar-refractivity contribution in [1.29, 1.82) is 0 Å². The minimum Gasteiger partial charge on any atom is -0.356 e. The van der Waals surface area contributed by atoms with E-state index in [1.165, 1.54) is 13.1 Å². The molecule has 1 aromatic heterocycles. The molecule has 19 heavy (non-hydrogen) atoms. The van der Waals surface area contributed by atoms with Crippen LogP contribution in [0.5, 0.6) is 0 Å². The molecule has 0 spiro atoms. The number of hydrogen-bond donors (Lipinski definition) is 2. The highest BCUT2D eigenvalue weighted by atomic mass is 32.2. The van der Waals surface area contributed by atoms with Crippen LogP contribution < -0.4 is 5.32 Å². The van der Waals surface area contributed by atoms with E-state index in [1.54, 1.807) is 17.8 Å². The van der Waals surface area contributed by atoms with Gasteiger partial charge in [-0.05, 0) is 37.4 Å². The second kappa shape index (κ2) is 5.75. The third-order valence-electron chi connectivity index (χ3n) is 2.66. The molecule has 0 aliphatic rings. The van der Waals surface area contributed by atoms with Crippen LogP contribution in [0.15, 0.2) is 41.4 Å². The number of aromatic amines is 1. The Balaban J connectivity index is 2.13. The van der Waals surface area contributed by atoms with Crippen LogP contribution in [-0.4, -0.2) is 22.9 Å². The van der Waals surface area contributed by atoms with Gasteiger partial charge in [-0.3, -0.25) is 9.59 Å².